The summed E-state index contributed by atoms with van der Waals surface area (Å²) in [4.78, 5) is 9.16. The van der Waals surface area contributed by atoms with Gasteiger partial charge in [-0.3, -0.25) is 0 Å². The number of hydrogen-bond acceptors (Lipinski definition) is 5. The van der Waals surface area contributed by atoms with Crippen molar-refractivity contribution in [3.05, 3.63) is 84.1 Å². The minimum absolute atomic E-state index is 0.205. The maximum absolute atomic E-state index is 13.9. The fourth-order valence-electron chi connectivity index (χ4n) is 3.46. The van der Waals surface area contributed by atoms with Crippen molar-refractivity contribution in [1.82, 2.24) is 9.97 Å². The van der Waals surface area contributed by atoms with Crippen LogP contribution in [0.15, 0.2) is 78.3 Å². The van der Waals surface area contributed by atoms with Gasteiger partial charge in [-0.05, 0) is 48.0 Å². The van der Waals surface area contributed by atoms with Crippen LogP contribution in [0.2, 0.25) is 0 Å². The molecule has 0 radical (unpaired) electrons. The molecule has 4 nitrogen and oxygen atoms in total. The van der Waals surface area contributed by atoms with Gasteiger partial charge in [0, 0.05) is 33.7 Å². The Morgan fingerprint density at radius 3 is 2.40 bits per heavy atom. The highest BCUT2D eigenvalue weighted by atomic mass is 32.1. The minimum Gasteiger partial charge on any atom is -0.507 e. The van der Waals surface area contributed by atoms with Gasteiger partial charge in [0.05, 0.1) is 11.2 Å². The van der Waals surface area contributed by atoms with Gasteiger partial charge in [-0.2, -0.15) is 0 Å². The number of thiazole rings is 1. The van der Waals surface area contributed by atoms with Crippen molar-refractivity contribution in [2.24, 2.45) is 0 Å². The number of rotatable bonds is 3. The van der Waals surface area contributed by atoms with E-state index in [9.17, 15) is 14.6 Å². The molecule has 0 atom stereocenters. The summed E-state index contributed by atoms with van der Waals surface area (Å²) in [6.45, 7) is 0. The lowest BCUT2D eigenvalue weighted by Gasteiger charge is -2.11. The summed E-state index contributed by atoms with van der Waals surface area (Å²) in [7, 11) is 0. The zero-order valence-electron chi connectivity index (χ0n) is 15.6. The third-order valence-electron chi connectivity index (χ3n) is 4.93. The Kier molecular flexibility index (Phi) is 4.41. The standard InChI is InChI=1S/C24H15FN2O2S/c25-19-12-15(6-8-23(19)29)21-13-18(24-26-9-10-30-24)17-11-14(5-7-20(17)27-21)16-3-1-2-4-22(16)28/h1-13,28-29H. The lowest BCUT2D eigenvalue weighted by molar-refractivity contribution is 0.432. The van der Waals surface area contributed by atoms with Crippen molar-refractivity contribution in [2.45, 2.75) is 0 Å². The van der Waals surface area contributed by atoms with Crippen LogP contribution in [0.1, 0.15) is 0 Å². The topological polar surface area (TPSA) is 66.2 Å². The van der Waals surface area contributed by atoms with Crippen molar-refractivity contribution in [2.75, 3.05) is 0 Å². The molecule has 5 rings (SSSR count). The van der Waals surface area contributed by atoms with Gasteiger partial charge in [0.1, 0.15) is 10.8 Å². The summed E-state index contributed by atoms with van der Waals surface area (Å²) in [5, 5.41) is 23.4. The summed E-state index contributed by atoms with van der Waals surface area (Å²) in [6, 6.07) is 19.0. The average molecular weight is 414 g/mol. The molecule has 0 saturated carbocycles. The SMILES string of the molecule is Oc1ccc(-c2cc(-c3nccs3)c3cc(-c4ccccc4O)ccc3n2)cc1F. The van der Waals surface area contributed by atoms with Crippen molar-refractivity contribution >= 4 is 22.2 Å². The van der Waals surface area contributed by atoms with Crippen LogP contribution in [0.5, 0.6) is 11.5 Å². The molecule has 0 fully saturated rings. The Morgan fingerprint density at radius 1 is 0.800 bits per heavy atom. The first-order valence-corrected chi connectivity index (χ1v) is 10.1. The van der Waals surface area contributed by atoms with Gasteiger partial charge in [-0.25, -0.2) is 14.4 Å². The first-order chi connectivity index (χ1) is 14.6. The lowest BCUT2D eigenvalue weighted by atomic mass is 9.98. The van der Waals surface area contributed by atoms with Gasteiger partial charge >= 0.3 is 0 Å². The third kappa shape index (κ3) is 3.17. The van der Waals surface area contributed by atoms with Gasteiger partial charge in [-0.15, -0.1) is 11.3 Å². The van der Waals surface area contributed by atoms with Crippen LogP contribution in [0.3, 0.4) is 0 Å². The molecule has 0 amide bonds. The Morgan fingerprint density at radius 2 is 1.63 bits per heavy atom. The molecular weight excluding hydrogens is 399 g/mol. The Bertz CT molecular complexity index is 1380. The molecule has 0 spiro atoms. The number of para-hydroxylation sites is 1. The number of nitrogens with zero attached hydrogens (tertiary/aromatic N) is 2. The summed E-state index contributed by atoms with van der Waals surface area (Å²) in [5.41, 5.74) is 4.34. The third-order valence-corrected chi connectivity index (χ3v) is 5.74. The second kappa shape index (κ2) is 7.24. The molecule has 0 saturated heterocycles. The van der Waals surface area contributed by atoms with Crippen molar-refractivity contribution < 1.29 is 14.6 Å². The Hall–Kier alpha value is -3.77. The summed E-state index contributed by atoms with van der Waals surface area (Å²) >= 11 is 1.50. The molecule has 6 heteroatoms. The summed E-state index contributed by atoms with van der Waals surface area (Å²) in [6.07, 6.45) is 1.74. The van der Waals surface area contributed by atoms with Crippen LogP contribution in [-0.4, -0.2) is 20.2 Å². The van der Waals surface area contributed by atoms with Gasteiger partial charge in [0.2, 0.25) is 0 Å². The number of aromatic nitrogens is 2. The molecule has 0 bridgehead atoms. The lowest BCUT2D eigenvalue weighted by Crippen LogP contribution is -1.91. The second-order valence-electron chi connectivity index (χ2n) is 6.81. The number of aromatic hydroxyl groups is 2. The van der Waals surface area contributed by atoms with Gasteiger partial charge in [-0.1, -0.05) is 24.3 Å². The van der Waals surface area contributed by atoms with Crippen LogP contribution in [0.4, 0.5) is 4.39 Å². The largest absolute Gasteiger partial charge is 0.507 e. The molecule has 0 aliphatic heterocycles. The van der Waals surface area contributed by atoms with E-state index >= 15 is 0 Å². The van der Waals surface area contributed by atoms with E-state index in [-0.39, 0.29) is 5.75 Å². The zero-order chi connectivity index (χ0) is 20.7. The van der Waals surface area contributed by atoms with Crippen LogP contribution in [0.25, 0.3) is 43.9 Å². The molecule has 3 aromatic carbocycles. The molecule has 5 aromatic rings. The van der Waals surface area contributed by atoms with E-state index in [1.165, 1.54) is 23.5 Å². The molecule has 146 valence electrons. The number of pyridine rings is 1. The molecule has 2 N–H and O–H groups in total. The maximum Gasteiger partial charge on any atom is 0.165 e. The summed E-state index contributed by atoms with van der Waals surface area (Å²) < 4.78 is 13.9. The molecule has 0 aliphatic rings. The first kappa shape index (κ1) is 18.3. The second-order valence-corrected chi connectivity index (χ2v) is 7.70. The van der Waals surface area contributed by atoms with Gasteiger partial charge < -0.3 is 10.2 Å². The van der Waals surface area contributed by atoms with Gasteiger partial charge in [0.15, 0.2) is 11.6 Å². The van der Waals surface area contributed by atoms with E-state index in [1.807, 2.05) is 41.8 Å². The Balaban J connectivity index is 1.76. The van der Waals surface area contributed by atoms with Crippen LogP contribution >= 0.6 is 11.3 Å². The highest BCUT2D eigenvalue weighted by Gasteiger charge is 2.14. The number of halogens is 1. The molecule has 0 aliphatic carbocycles. The average Bonchev–Trinajstić information content (AvgIpc) is 3.30. The fraction of sp³-hybridized carbons (Fsp3) is 0. The molecule has 2 heterocycles. The molecule has 30 heavy (non-hydrogen) atoms. The predicted octanol–water partition coefficient (Wildman–Crippen LogP) is 6.24. The van der Waals surface area contributed by atoms with E-state index in [4.69, 9.17) is 4.98 Å². The van der Waals surface area contributed by atoms with Crippen molar-refractivity contribution in [1.29, 1.82) is 0 Å². The number of benzene rings is 3. The maximum atomic E-state index is 13.9. The fourth-order valence-corrected chi connectivity index (χ4v) is 4.13. The van der Waals surface area contributed by atoms with E-state index in [0.717, 1.165) is 32.6 Å². The number of phenols is 2. The number of hydrogen-bond donors (Lipinski definition) is 2. The smallest absolute Gasteiger partial charge is 0.165 e. The van der Waals surface area contributed by atoms with E-state index in [2.05, 4.69) is 4.98 Å². The highest BCUT2D eigenvalue weighted by molar-refractivity contribution is 7.13. The van der Waals surface area contributed by atoms with Crippen molar-refractivity contribution in [3.8, 4) is 44.5 Å². The van der Waals surface area contributed by atoms with Gasteiger partial charge in [0.25, 0.3) is 0 Å². The van der Waals surface area contributed by atoms with E-state index in [1.54, 1.807) is 24.4 Å². The van der Waals surface area contributed by atoms with E-state index in [0.29, 0.717) is 11.3 Å². The van der Waals surface area contributed by atoms with Crippen LogP contribution < -0.4 is 0 Å². The number of phenolic OH excluding ortho intramolecular Hbond substituents is 2. The molecular formula is C24H15FN2O2S. The summed E-state index contributed by atoms with van der Waals surface area (Å²) in [5.74, 6) is -0.885. The monoisotopic (exact) mass is 414 g/mol. The number of fused-ring (bicyclic) bond motifs is 1. The molecule has 2 aromatic heterocycles. The zero-order valence-corrected chi connectivity index (χ0v) is 16.4. The Labute approximate surface area is 175 Å². The predicted molar refractivity (Wildman–Crippen MR) is 117 cm³/mol. The quantitative estimate of drug-likeness (QED) is 0.367. The first-order valence-electron chi connectivity index (χ1n) is 9.22. The van der Waals surface area contributed by atoms with E-state index < -0.39 is 11.6 Å². The normalized spacial score (nSPS) is 11.1. The minimum atomic E-state index is -0.694. The molecule has 0 unspecified atom stereocenters. The van der Waals surface area contributed by atoms with Crippen LogP contribution in [0, 0.1) is 5.82 Å². The highest BCUT2D eigenvalue weighted by Crippen LogP contribution is 2.37. The van der Waals surface area contributed by atoms with Crippen LogP contribution in [-0.2, 0) is 0 Å². The van der Waals surface area contributed by atoms with Crippen molar-refractivity contribution in [3.63, 3.8) is 0 Å².